The molecule has 0 saturated carbocycles. The van der Waals surface area contributed by atoms with E-state index in [9.17, 15) is 0 Å². The second-order valence-corrected chi connectivity index (χ2v) is 5.42. The molecule has 2 nitrogen and oxygen atoms in total. The normalized spacial score (nSPS) is 24.1. The average Bonchev–Trinajstić information content (AvgIpc) is 2.80. The van der Waals surface area contributed by atoms with Crippen molar-refractivity contribution in [1.29, 1.82) is 0 Å². The molecule has 2 unspecified atom stereocenters. The highest BCUT2D eigenvalue weighted by atomic mass is 32.2. The molecule has 0 bridgehead atoms. The van der Waals surface area contributed by atoms with Crippen LogP contribution in [-0.2, 0) is 8.92 Å². The average molecular weight is 252 g/mol. The molecular formula is C14H20O2S. The molecule has 1 heterocycles. The Bertz CT molecular complexity index is 337. The predicted molar refractivity (Wildman–Crippen MR) is 71.2 cm³/mol. The van der Waals surface area contributed by atoms with E-state index in [4.69, 9.17) is 8.92 Å². The Balaban J connectivity index is 1.68. The molecule has 2 atom stereocenters. The van der Waals surface area contributed by atoms with Crippen LogP contribution >= 0.6 is 12.0 Å². The smallest absolute Gasteiger partial charge is 0.0881 e. The molecule has 0 amide bonds. The van der Waals surface area contributed by atoms with Crippen LogP contribution < -0.4 is 0 Å². The largest absolute Gasteiger partial charge is 0.373 e. The van der Waals surface area contributed by atoms with E-state index in [1.54, 1.807) is 0 Å². The lowest BCUT2D eigenvalue weighted by Crippen LogP contribution is -2.14. The minimum Gasteiger partial charge on any atom is -0.373 e. The first-order valence-electron chi connectivity index (χ1n) is 6.29. The molecule has 0 aliphatic carbocycles. The van der Waals surface area contributed by atoms with Gasteiger partial charge in [0.25, 0.3) is 0 Å². The molecule has 0 radical (unpaired) electrons. The standard InChI is InChI=1S/C14H20O2S/c1-3-12-6-7-13(16-12)10-15-17-14-8-4-11(2)5-9-14/h4-5,8-9,12-13H,3,6-7,10H2,1-2H3. The molecule has 1 fully saturated rings. The summed E-state index contributed by atoms with van der Waals surface area (Å²) < 4.78 is 11.5. The molecule has 0 N–H and O–H groups in total. The quantitative estimate of drug-likeness (QED) is 0.739. The van der Waals surface area contributed by atoms with Crippen LogP contribution in [0.1, 0.15) is 31.7 Å². The highest BCUT2D eigenvalue weighted by Crippen LogP contribution is 2.25. The summed E-state index contributed by atoms with van der Waals surface area (Å²) in [4.78, 5) is 1.15. The topological polar surface area (TPSA) is 18.5 Å². The molecule has 1 aromatic rings. The molecule has 1 saturated heterocycles. The van der Waals surface area contributed by atoms with Gasteiger partial charge < -0.3 is 8.92 Å². The number of rotatable bonds is 5. The van der Waals surface area contributed by atoms with Crippen molar-refractivity contribution in [1.82, 2.24) is 0 Å². The summed E-state index contributed by atoms with van der Waals surface area (Å²) in [6, 6.07) is 8.38. The molecule has 0 aromatic heterocycles. The molecule has 3 heteroatoms. The van der Waals surface area contributed by atoms with Crippen molar-refractivity contribution in [2.75, 3.05) is 6.61 Å². The van der Waals surface area contributed by atoms with E-state index in [0.717, 1.165) is 17.7 Å². The summed E-state index contributed by atoms with van der Waals surface area (Å²) in [5.41, 5.74) is 1.28. The number of benzene rings is 1. The van der Waals surface area contributed by atoms with E-state index in [1.807, 2.05) is 0 Å². The number of aryl methyl sites for hydroxylation is 1. The van der Waals surface area contributed by atoms with Gasteiger partial charge in [0.1, 0.15) is 0 Å². The van der Waals surface area contributed by atoms with E-state index >= 15 is 0 Å². The van der Waals surface area contributed by atoms with Gasteiger partial charge in [-0.15, -0.1) is 0 Å². The van der Waals surface area contributed by atoms with Gasteiger partial charge in [-0.25, -0.2) is 0 Å². The van der Waals surface area contributed by atoms with Crippen LogP contribution in [0.25, 0.3) is 0 Å². The van der Waals surface area contributed by atoms with Crippen LogP contribution in [0.2, 0.25) is 0 Å². The summed E-state index contributed by atoms with van der Waals surface area (Å²) in [5, 5.41) is 0. The lowest BCUT2D eigenvalue weighted by molar-refractivity contribution is 0.0209. The second kappa shape index (κ2) is 6.43. The third kappa shape index (κ3) is 4.02. The maximum atomic E-state index is 5.83. The van der Waals surface area contributed by atoms with Crippen LogP contribution in [0.15, 0.2) is 29.2 Å². The first-order valence-corrected chi connectivity index (χ1v) is 7.03. The van der Waals surface area contributed by atoms with Gasteiger partial charge in [0, 0.05) is 16.9 Å². The van der Waals surface area contributed by atoms with Gasteiger partial charge in [-0.3, -0.25) is 0 Å². The summed E-state index contributed by atoms with van der Waals surface area (Å²) in [7, 11) is 0. The zero-order valence-corrected chi connectivity index (χ0v) is 11.3. The number of ether oxygens (including phenoxy) is 1. The van der Waals surface area contributed by atoms with Crippen molar-refractivity contribution < 1.29 is 8.92 Å². The van der Waals surface area contributed by atoms with Gasteiger partial charge in [0.2, 0.25) is 0 Å². The number of hydrogen-bond acceptors (Lipinski definition) is 3. The maximum Gasteiger partial charge on any atom is 0.0881 e. The van der Waals surface area contributed by atoms with Crippen molar-refractivity contribution in [2.24, 2.45) is 0 Å². The monoisotopic (exact) mass is 252 g/mol. The third-order valence-electron chi connectivity index (χ3n) is 3.08. The zero-order valence-electron chi connectivity index (χ0n) is 10.5. The highest BCUT2D eigenvalue weighted by Gasteiger charge is 2.23. The Morgan fingerprint density at radius 2 is 1.94 bits per heavy atom. The highest BCUT2D eigenvalue weighted by molar-refractivity contribution is 7.94. The van der Waals surface area contributed by atoms with Crippen LogP contribution in [-0.4, -0.2) is 18.8 Å². The SMILES string of the molecule is CCC1CCC(COSc2ccc(C)cc2)O1. The van der Waals surface area contributed by atoms with Crippen LogP contribution in [0.5, 0.6) is 0 Å². The van der Waals surface area contributed by atoms with Crippen molar-refractivity contribution >= 4 is 12.0 Å². The first-order chi connectivity index (χ1) is 8.28. The van der Waals surface area contributed by atoms with E-state index < -0.39 is 0 Å². The van der Waals surface area contributed by atoms with Crippen molar-refractivity contribution in [3.63, 3.8) is 0 Å². The lowest BCUT2D eigenvalue weighted by atomic mass is 10.2. The van der Waals surface area contributed by atoms with E-state index in [-0.39, 0.29) is 6.10 Å². The summed E-state index contributed by atoms with van der Waals surface area (Å²) in [5.74, 6) is 0. The molecule has 1 aliphatic rings. The Kier molecular flexibility index (Phi) is 4.89. The van der Waals surface area contributed by atoms with E-state index in [1.165, 1.54) is 24.0 Å². The molecule has 17 heavy (non-hydrogen) atoms. The molecule has 1 aromatic carbocycles. The van der Waals surface area contributed by atoms with Gasteiger partial charge in [0.15, 0.2) is 0 Å². The van der Waals surface area contributed by atoms with Crippen LogP contribution in [0.3, 0.4) is 0 Å². The summed E-state index contributed by atoms with van der Waals surface area (Å²) in [6.45, 7) is 4.95. The second-order valence-electron chi connectivity index (χ2n) is 4.55. The molecule has 1 aliphatic heterocycles. The minimum absolute atomic E-state index is 0.290. The molecule has 0 spiro atoms. The Morgan fingerprint density at radius 1 is 1.24 bits per heavy atom. The first kappa shape index (κ1) is 12.9. The third-order valence-corrected chi connectivity index (χ3v) is 3.80. The Hall–Kier alpha value is -0.510. The fraction of sp³-hybridized carbons (Fsp3) is 0.571. The Labute approximate surface area is 108 Å². The predicted octanol–water partition coefficient (Wildman–Crippen LogP) is 3.98. The van der Waals surface area contributed by atoms with Crippen molar-refractivity contribution in [3.8, 4) is 0 Å². The zero-order chi connectivity index (χ0) is 12.1. The fourth-order valence-corrected chi connectivity index (χ4v) is 2.58. The molecular weight excluding hydrogens is 232 g/mol. The van der Waals surface area contributed by atoms with E-state index in [0.29, 0.717) is 12.7 Å². The van der Waals surface area contributed by atoms with Gasteiger partial charge in [-0.2, -0.15) is 0 Å². The minimum atomic E-state index is 0.290. The Morgan fingerprint density at radius 3 is 2.59 bits per heavy atom. The van der Waals surface area contributed by atoms with Gasteiger partial charge in [-0.05, 0) is 38.3 Å². The van der Waals surface area contributed by atoms with Crippen molar-refractivity contribution in [3.05, 3.63) is 29.8 Å². The molecule has 2 rings (SSSR count). The summed E-state index contributed by atoms with van der Waals surface area (Å²) >= 11 is 1.44. The van der Waals surface area contributed by atoms with E-state index in [2.05, 4.69) is 38.1 Å². The van der Waals surface area contributed by atoms with Gasteiger partial charge in [0.05, 0.1) is 18.8 Å². The van der Waals surface area contributed by atoms with Gasteiger partial charge in [-0.1, -0.05) is 24.6 Å². The molecule has 94 valence electrons. The van der Waals surface area contributed by atoms with Crippen LogP contribution in [0.4, 0.5) is 0 Å². The number of hydrogen-bond donors (Lipinski definition) is 0. The van der Waals surface area contributed by atoms with Gasteiger partial charge >= 0.3 is 0 Å². The summed E-state index contributed by atoms with van der Waals surface area (Å²) in [6.07, 6.45) is 4.17. The fourth-order valence-electron chi connectivity index (χ4n) is 1.97. The maximum absolute atomic E-state index is 5.83. The van der Waals surface area contributed by atoms with Crippen molar-refractivity contribution in [2.45, 2.75) is 50.2 Å². The lowest BCUT2D eigenvalue weighted by Gasteiger charge is -2.11. The van der Waals surface area contributed by atoms with Crippen LogP contribution in [0, 0.1) is 6.92 Å².